The number of aromatic hydroxyl groups is 1. The summed E-state index contributed by atoms with van der Waals surface area (Å²) in [7, 11) is -2.29. The summed E-state index contributed by atoms with van der Waals surface area (Å²) in [6, 6.07) is 47.5. The Bertz CT molecular complexity index is 1790. The SMILES string of the molecule is CP(C)(=O)C(c1ccccc1)(c1ccccc1)c1ccc(O)cc1.CP(C)C.O=C1C=CC(=C(c2ccccc2)c2ccccc2)C=C1. The molecule has 0 fully saturated rings. The molecular weight excluding hydrogens is 626 g/mol. The van der Waals surface area contributed by atoms with Crippen LogP contribution in [0.4, 0.5) is 0 Å². The van der Waals surface area contributed by atoms with Gasteiger partial charge in [-0.15, -0.1) is 7.92 Å². The van der Waals surface area contributed by atoms with E-state index in [4.69, 9.17) is 0 Å². The average Bonchev–Trinajstić information content (AvgIpc) is 3.08. The first-order valence-corrected chi connectivity index (χ1v) is 21.1. The molecule has 48 heavy (non-hydrogen) atoms. The van der Waals surface area contributed by atoms with Gasteiger partial charge in [-0.1, -0.05) is 146 Å². The first-order chi connectivity index (χ1) is 23.0. The molecular formula is C43H44O3P2. The minimum absolute atomic E-state index is 0.0363. The van der Waals surface area contributed by atoms with Gasteiger partial charge in [-0.05, 0) is 96.6 Å². The van der Waals surface area contributed by atoms with E-state index in [-0.39, 0.29) is 11.5 Å². The van der Waals surface area contributed by atoms with Gasteiger partial charge in [0.15, 0.2) is 5.78 Å². The Morgan fingerprint density at radius 2 is 0.875 bits per heavy atom. The summed E-state index contributed by atoms with van der Waals surface area (Å²) in [6.07, 6.45) is 7.00. The Labute approximate surface area is 287 Å². The van der Waals surface area contributed by atoms with Crippen molar-refractivity contribution in [1.82, 2.24) is 0 Å². The third-order valence-corrected chi connectivity index (χ3v) is 10.1. The van der Waals surface area contributed by atoms with Crippen LogP contribution in [0.1, 0.15) is 27.8 Å². The van der Waals surface area contributed by atoms with Crippen LogP contribution in [0.25, 0.3) is 5.57 Å². The molecule has 0 aromatic heterocycles. The zero-order chi connectivity index (χ0) is 34.6. The molecule has 0 unspecified atom stereocenters. The zero-order valence-electron chi connectivity index (χ0n) is 28.3. The molecule has 3 nitrogen and oxygen atoms in total. The maximum absolute atomic E-state index is 13.7. The van der Waals surface area contributed by atoms with E-state index in [9.17, 15) is 14.5 Å². The highest BCUT2D eigenvalue weighted by Gasteiger charge is 2.46. The van der Waals surface area contributed by atoms with Crippen molar-refractivity contribution in [2.75, 3.05) is 33.3 Å². The van der Waals surface area contributed by atoms with Crippen molar-refractivity contribution in [1.29, 1.82) is 0 Å². The topological polar surface area (TPSA) is 54.4 Å². The molecule has 0 saturated carbocycles. The number of hydrogen-bond donors (Lipinski definition) is 1. The van der Waals surface area contributed by atoms with Crippen LogP contribution in [-0.4, -0.2) is 44.2 Å². The Morgan fingerprint density at radius 3 is 1.23 bits per heavy atom. The fourth-order valence-electron chi connectivity index (χ4n) is 5.83. The number of phenols is 1. The van der Waals surface area contributed by atoms with Gasteiger partial charge < -0.3 is 9.67 Å². The lowest BCUT2D eigenvalue weighted by atomic mass is 9.84. The molecule has 0 saturated heterocycles. The molecule has 0 spiro atoms. The highest BCUT2D eigenvalue weighted by Crippen LogP contribution is 2.64. The van der Waals surface area contributed by atoms with Gasteiger partial charge >= 0.3 is 0 Å². The van der Waals surface area contributed by atoms with E-state index in [1.165, 1.54) is 0 Å². The molecule has 5 heteroatoms. The lowest BCUT2D eigenvalue weighted by Crippen LogP contribution is -2.29. The molecule has 1 aliphatic carbocycles. The van der Waals surface area contributed by atoms with Crippen molar-refractivity contribution in [3.63, 3.8) is 0 Å². The maximum Gasteiger partial charge on any atom is 0.178 e. The number of benzene rings is 5. The van der Waals surface area contributed by atoms with Crippen LogP contribution in [-0.2, 0) is 14.5 Å². The van der Waals surface area contributed by atoms with Gasteiger partial charge in [0, 0.05) is 0 Å². The average molecular weight is 671 g/mol. The second-order valence-corrected chi connectivity index (χ2v) is 18.4. The lowest BCUT2D eigenvalue weighted by molar-refractivity contribution is -0.110. The van der Waals surface area contributed by atoms with Gasteiger partial charge in [0.05, 0.1) is 5.16 Å². The van der Waals surface area contributed by atoms with E-state index >= 15 is 0 Å². The molecule has 5 aromatic carbocycles. The Kier molecular flexibility index (Phi) is 12.9. The van der Waals surface area contributed by atoms with E-state index < -0.39 is 12.3 Å². The number of carbonyl (C=O) groups excluding carboxylic acids is 1. The van der Waals surface area contributed by atoms with Crippen LogP contribution in [0.5, 0.6) is 5.75 Å². The molecule has 6 rings (SSSR count). The number of rotatable bonds is 6. The summed E-state index contributed by atoms with van der Waals surface area (Å²) in [4.78, 5) is 11.3. The van der Waals surface area contributed by atoms with E-state index in [1.807, 2.05) is 135 Å². The predicted molar refractivity (Wildman–Crippen MR) is 207 cm³/mol. The quantitative estimate of drug-likeness (QED) is 0.145. The van der Waals surface area contributed by atoms with Crippen LogP contribution in [0.3, 0.4) is 0 Å². The van der Waals surface area contributed by atoms with Crippen LogP contribution in [0.2, 0.25) is 0 Å². The van der Waals surface area contributed by atoms with Crippen LogP contribution < -0.4 is 0 Å². The second-order valence-electron chi connectivity index (χ2n) is 12.3. The molecule has 1 N–H and O–H groups in total. The lowest BCUT2D eigenvalue weighted by Gasteiger charge is -2.39. The largest absolute Gasteiger partial charge is 0.508 e. The van der Waals surface area contributed by atoms with Crippen molar-refractivity contribution < 1.29 is 14.5 Å². The minimum atomic E-state index is -2.67. The highest BCUT2D eigenvalue weighted by atomic mass is 31.2. The summed E-state index contributed by atoms with van der Waals surface area (Å²) in [5.74, 6) is 0.241. The fraction of sp³-hybridized carbons (Fsp3) is 0.140. The molecule has 244 valence electrons. The van der Waals surface area contributed by atoms with Crippen LogP contribution >= 0.6 is 15.1 Å². The number of allylic oxidation sites excluding steroid dienone is 5. The normalized spacial score (nSPS) is 12.5. The third kappa shape index (κ3) is 9.07. The van der Waals surface area contributed by atoms with Crippen molar-refractivity contribution in [2.45, 2.75) is 5.16 Å². The number of hydrogen-bond acceptors (Lipinski definition) is 3. The molecule has 0 aliphatic heterocycles. The van der Waals surface area contributed by atoms with Gasteiger partial charge in [-0.2, -0.15) is 0 Å². The van der Waals surface area contributed by atoms with Gasteiger partial charge in [0.1, 0.15) is 12.9 Å². The smallest absolute Gasteiger partial charge is 0.178 e. The summed E-state index contributed by atoms with van der Waals surface area (Å²) in [5, 5.41) is 8.95. The predicted octanol–water partition coefficient (Wildman–Crippen LogP) is 10.8. The Balaban J connectivity index is 0.000000198. The Hall–Kier alpha value is -4.55. The first kappa shape index (κ1) is 36.3. The molecule has 1 aliphatic rings. The minimum Gasteiger partial charge on any atom is -0.508 e. The van der Waals surface area contributed by atoms with Crippen LogP contribution in [0.15, 0.2) is 175 Å². The summed E-state index contributed by atoms with van der Waals surface area (Å²) < 4.78 is 13.7. The number of ketones is 1. The van der Waals surface area contributed by atoms with Gasteiger partial charge in [0.2, 0.25) is 0 Å². The molecule has 0 radical (unpaired) electrons. The molecule has 0 bridgehead atoms. The summed E-state index contributed by atoms with van der Waals surface area (Å²) in [5.41, 5.74) is 7.42. The van der Waals surface area contributed by atoms with Crippen molar-refractivity contribution in [3.8, 4) is 5.75 Å². The van der Waals surface area contributed by atoms with Crippen molar-refractivity contribution in [3.05, 3.63) is 203 Å². The number of carbonyl (C=O) groups is 1. The van der Waals surface area contributed by atoms with E-state index in [2.05, 4.69) is 44.3 Å². The molecule has 0 amide bonds. The third-order valence-electron chi connectivity index (χ3n) is 7.74. The molecule has 0 heterocycles. The van der Waals surface area contributed by atoms with Gasteiger partial charge in [-0.25, -0.2) is 0 Å². The summed E-state index contributed by atoms with van der Waals surface area (Å²) >= 11 is 0. The number of phenolic OH excluding ortho intramolecular Hbond substituents is 1. The second kappa shape index (κ2) is 17.0. The van der Waals surface area contributed by atoms with Crippen molar-refractivity contribution in [2.24, 2.45) is 0 Å². The van der Waals surface area contributed by atoms with Crippen LogP contribution in [0, 0.1) is 0 Å². The van der Waals surface area contributed by atoms with Gasteiger partial charge in [0.25, 0.3) is 0 Å². The Morgan fingerprint density at radius 1 is 0.542 bits per heavy atom. The van der Waals surface area contributed by atoms with Gasteiger partial charge in [-0.3, -0.25) is 4.79 Å². The fourth-order valence-corrected chi connectivity index (χ4v) is 8.14. The summed E-state index contributed by atoms with van der Waals surface area (Å²) in [6.45, 7) is 10.4. The first-order valence-electron chi connectivity index (χ1n) is 15.9. The molecule has 0 atom stereocenters. The molecule has 5 aromatic rings. The zero-order valence-corrected chi connectivity index (χ0v) is 30.1. The standard InChI is InChI=1S/C21H21O2P.C19H14O.C3H9P/c1-24(2,23)21(17-9-5-3-6-10-17,18-11-7-4-8-12-18)19-13-15-20(22)16-14-19;20-18-13-11-17(12-14-18)19(15-7-3-1-4-8-15)16-9-5-2-6-10-16;1-4(2)3/h3-16,22H,1-2H3;1-14H;1-3H3. The van der Waals surface area contributed by atoms with E-state index in [0.717, 1.165) is 39.0 Å². The van der Waals surface area contributed by atoms with E-state index in [1.54, 1.807) is 24.3 Å². The van der Waals surface area contributed by atoms with Crippen molar-refractivity contribution >= 4 is 26.4 Å². The highest BCUT2D eigenvalue weighted by molar-refractivity contribution is 7.64. The van der Waals surface area contributed by atoms with E-state index in [0.29, 0.717) is 7.92 Å². The maximum atomic E-state index is 13.7. The monoisotopic (exact) mass is 670 g/mol.